The Bertz CT molecular complexity index is 1010. The van der Waals surface area contributed by atoms with Crippen LogP contribution >= 0.6 is 23.4 Å². The molecule has 0 radical (unpaired) electrons. The van der Waals surface area contributed by atoms with Crippen molar-refractivity contribution in [2.75, 3.05) is 32.2 Å². The van der Waals surface area contributed by atoms with Crippen molar-refractivity contribution in [3.8, 4) is 0 Å². The second-order valence-corrected chi connectivity index (χ2v) is 7.85. The molecule has 1 fully saturated rings. The number of carbonyl (C=O) groups is 3. The van der Waals surface area contributed by atoms with Crippen LogP contribution in [0, 0.1) is 0 Å². The topological polar surface area (TPSA) is 85.1 Å². The van der Waals surface area contributed by atoms with Crippen LogP contribution in [-0.4, -0.2) is 76.2 Å². The van der Waals surface area contributed by atoms with Crippen molar-refractivity contribution in [3.63, 3.8) is 0 Å². The number of amidine groups is 2. The minimum absolute atomic E-state index is 0.0352. The molecule has 13 heteroatoms. The number of urea groups is 1. The second kappa shape index (κ2) is 7.91. The fraction of sp³-hybridized carbons (Fsp3) is 0.353. The lowest BCUT2D eigenvalue weighted by atomic mass is 10.2. The zero-order valence-electron chi connectivity index (χ0n) is 16.0. The number of aliphatic imine (C=N–C) groups is 1. The molecule has 1 aromatic rings. The number of likely N-dealkylation sites (N-methyl/N-ethyl adjacent to an activating group) is 2. The first-order valence-corrected chi connectivity index (χ1v) is 9.81. The standard InChI is InChI=1S/C17H15ClF3N5O3S/c1-24-13-12(14(28)26(3)16(29)25(13)2)23-15(24)30-7-11(27)22-10-6-8(17(19,20)21)4-5-9(10)18/h4-6,12H,7H2,1-3H3/p+1. The summed E-state index contributed by atoms with van der Waals surface area (Å²) in [4.78, 5) is 43.2. The van der Waals surface area contributed by atoms with Gasteiger partial charge in [-0.2, -0.15) is 13.2 Å². The van der Waals surface area contributed by atoms with Gasteiger partial charge in [-0.1, -0.05) is 11.6 Å². The van der Waals surface area contributed by atoms with Gasteiger partial charge in [-0.05, 0) is 30.0 Å². The number of nitrogens with one attached hydrogen (secondary N) is 1. The van der Waals surface area contributed by atoms with Gasteiger partial charge < -0.3 is 5.32 Å². The Morgan fingerprint density at radius 2 is 1.97 bits per heavy atom. The fourth-order valence-electron chi connectivity index (χ4n) is 2.96. The molecule has 30 heavy (non-hydrogen) atoms. The number of benzene rings is 1. The van der Waals surface area contributed by atoms with Crippen molar-refractivity contribution in [2.24, 2.45) is 4.99 Å². The van der Waals surface area contributed by atoms with Crippen LogP contribution in [0.5, 0.6) is 0 Å². The molecule has 0 aromatic heterocycles. The number of hydrogen-bond acceptors (Lipinski definition) is 5. The predicted octanol–water partition coefficient (Wildman–Crippen LogP) is 2.33. The maximum absolute atomic E-state index is 12.9. The number of nitrogens with zero attached hydrogens (tertiary/aromatic N) is 4. The van der Waals surface area contributed by atoms with Crippen LogP contribution in [0.15, 0.2) is 23.2 Å². The number of anilines is 1. The molecule has 3 rings (SSSR count). The lowest BCUT2D eigenvalue weighted by Gasteiger charge is -2.27. The number of thioether (sulfide) groups is 1. The van der Waals surface area contributed by atoms with Crippen molar-refractivity contribution >= 4 is 57.9 Å². The summed E-state index contributed by atoms with van der Waals surface area (Å²) < 4.78 is 40.1. The largest absolute Gasteiger partial charge is 0.416 e. The van der Waals surface area contributed by atoms with Crippen LogP contribution < -0.4 is 5.32 Å². The average Bonchev–Trinajstić information content (AvgIpc) is 3.00. The molecule has 2 aliphatic heterocycles. The summed E-state index contributed by atoms with van der Waals surface area (Å²) in [5.41, 5.74) is -1.10. The van der Waals surface area contributed by atoms with E-state index >= 15 is 0 Å². The number of hydrogen-bond donors (Lipinski definition) is 1. The number of fused-ring (bicyclic) bond motifs is 1. The molecule has 1 unspecified atom stereocenters. The summed E-state index contributed by atoms with van der Waals surface area (Å²) in [5.74, 6) is -0.926. The van der Waals surface area contributed by atoms with Crippen molar-refractivity contribution in [3.05, 3.63) is 28.8 Å². The maximum Gasteiger partial charge on any atom is 0.416 e. The van der Waals surface area contributed by atoms with Crippen molar-refractivity contribution in [1.82, 2.24) is 9.80 Å². The number of rotatable bonds is 3. The third kappa shape index (κ3) is 4.01. The number of halogens is 4. The van der Waals surface area contributed by atoms with Gasteiger partial charge in [0, 0.05) is 7.05 Å². The van der Waals surface area contributed by atoms with Crippen LogP contribution in [0.3, 0.4) is 0 Å². The zero-order chi connectivity index (χ0) is 22.4. The number of amides is 4. The van der Waals surface area contributed by atoms with E-state index in [0.717, 1.165) is 34.9 Å². The van der Waals surface area contributed by atoms with Crippen molar-refractivity contribution in [2.45, 2.75) is 12.2 Å². The van der Waals surface area contributed by atoms with E-state index in [-0.39, 0.29) is 16.5 Å². The van der Waals surface area contributed by atoms with E-state index in [9.17, 15) is 27.6 Å². The SMILES string of the molecule is CN1C(=O)C2N=C(SCC(=O)Nc3cc(C(F)(F)F)ccc3Cl)[N+](C)=C2N(C)C1=O. The van der Waals surface area contributed by atoms with Crippen LogP contribution in [0.2, 0.25) is 5.02 Å². The molecule has 2 aliphatic rings. The van der Waals surface area contributed by atoms with Crippen LogP contribution in [0.4, 0.5) is 23.7 Å². The Kier molecular flexibility index (Phi) is 5.83. The molecule has 0 spiro atoms. The van der Waals surface area contributed by atoms with Gasteiger partial charge in [0.2, 0.25) is 5.91 Å². The summed E-state index contributed by atoms with van der Waals surface area (Å²) in [6.07, 6.45) is -4.57. The fourth-order valence-corrected chi connectivity index (χ4v) is 3.92. The Hall–Kier alpha value is -2.60. The van der Waals surface area contributed by atoms with Gasteiger partial charge in [0.15, 0.2) is 0 Å². The van der Waals surface area contributed by atoms with Crippen molar-refractivity contribution in [1.29, 1.82) is 0 Å². The van der Waals surface area contributed by atoms with E-state index < -0.39 is 35.6 Å². The zero-order valence-corrected chi connectivity index (χ0v) is 17.5. The number of carbonyl (C=O) groups excluding carboxylic acids is 3. The summed E-state index contributed by atoms with van der Waals surface area (Å²) >= 11 is 6.86. The molecule has 1 aromatic carbocycles. The maximum atomic E-state index is 12.9. The van der Waals surface area contributed by atoms with Gasteiger partial charge in [0.05, 0.1) is 36.1 Å². The lowest BCUT2D eigenvalue weighted by molar-refractivity contribution is -0.367. The molecule has 4 amide bonds. The van der Waals surface area contributed by atoms with Gasteiger partial charge in [-0.3, -0.25) is 14.5 Å². The average molecular weight is 463 g/mol. The smallest absolute Gasteiger partial charge is 0.324 e. The molecule has 160 valence electrons. The Morgan fingerprint density at radius 1 is 1.30 bits per heavy atom. The van der Waals surface area contributed by atoms with Gasteiger partial charge in [0.1, 0.15) is 0 Å². The molecule has 0 aliphatic carbocycles. The molecule has 1 atom stereocenters. The molecular weight excluding hydrogens is 447 g/mol. The first kappa shape index (κ1) is 22.1. The van der Waals surface area contributed by atoms with E-state index in [1.54, 1.807) is 7.05 Å². The Balaban J connectivity index is 1.71. The second-order valence-electron chi connectivity index (χ2n) is 6.50. The molecule has 0 saturated carbocycles. The highest BCUT2D eigenvalue weighted by Gasteiger charge is 2.51. The summed E-state index contributed by atoms with van der Waals surface area (Å²) in [6.45, 7) is 0. The van der Waals surface area contributed by atoms with E-state index in [1.165, 1.54) is 23.6 Å². The highest BCUT2D eigenvalue weighted by atomic mass is 35.5. The van der Waals surface area contributed by atoms with Crippen LogP contribution in [0.1, 0.15) is 5.56 Å². The summed E-state index contributed by atoms with van der Waals surface area (Å²) in [7, 11) is 4.46. The summed E-state index contributed by atoms with van der Waals surface area (Å²) in [5, 5.41) is 2.63. The van der Waals surface area contributed by atoms with Gasteiger partial charge >= 0.3 is 12.2 Å². The van der Waals surface area contributed by atoms with E-state index in [2.05, 4.69) is 10.3 Å². The molecule has 2 heterocycles. The summed E-state index contributed by atoms with van der Waals surface area (Å²) in [6, 6.07) is 1.23. The highest BCUT2D eigenvalue weighted by Crippen LogP contribution is 2.34. The monoisotopic (exact) mass is 462 g/mol. The third-order valence-corrected chi connectivity index (χ3v) is 5.87. The molecule has 1 N–H and O–H groups in total. The number of alkyl halides is 3. The minimum Gasteiger partial charge on any atom is -0.324 e. The van der Waals surface area contributed by atoms with E-state index in [4.69, 9.17) is 11.6 Å². The third-order valence-electron chi connectivity index (χ3n) is 4.50. The van der Waals surface area contributed by atoms with Crippen molar-refractivity contribution < 1.29 is 32.1 Å². The van der Waals surface area contributed by atoms with Crippen LogP contribution in [0.25, 0.3) is 0 Å². The first-order chi connectivity index (χ1) is 13.9. The molecule has 1 saturated heterocycles. The van der Waals surface area contributed by atoms with E-state index in [1.807, 2.05) is 0 Å². The van der Waals surface area contributed by atoms with Gasteiger partial charge in [-0.25, -0.2) is 14.3 Å². The number of imide groups is 1. The van der Waals surface area contributed by atoms with Gasteiger partial charge in [-0.15, -0.1) is 4.99 Å². The quantitative estimate of drug-likeness (QED) is 0.699. The normalized spacial score (nSPS) is 19.3. The van der Waals surface area contributed by atoms with Gasteiger partial charge in [0.25, 0.3) is 23.0 Å². The first-order valence-electron chi connectivity index (χ1n) is 8.45. The molecule has 0 bridgehead atoms. The minimum atomic E-state index is -4.57. The van der Waals surface area contributed by atoms with E-state index in [0.29, 0.717) is 11.0 Å². The molecule has 8 nitrogen and oxygen atoms in total. The Labute approximate surface area is 178 Å². The predicted molar refractivity (Wildman–Crippen MR) is 106 cm³/mol. The lowest BCUT2D eigenvalue weighted by Crippen LogP contribution is -2.59. The van der Waals surface area contributed by atoms with Crippen LogP contribution in [-0.2, 0) is 15.8 Å². The molecular formula is C17H16ClF3N5O3S+. The Morgan fingerprint density at radius 3 is 2.60 bits per heavy atom. The highest BCUT2D eigenvalue weighted by molar-refractivity contribution is 8.14.